The predicted molar refractivity (Wildman–Crippen MR) is 161 cm³/mol. The molecule has 0 saturated carbocycles. The molecule has 0 aliphatic carbocycles. The number of carbonyl (C=O) groups excluding carboxylic acids is 1. The van der Waals surface area contributed by atoms with Gasteiger partial charge < -0.3 is 40.3 Å². The van der Waals surface area contributed by atoms with Crippen LogP contribution in [0, 0.1) is 0 Å². The van der Waals surface area contributed by atoms with Gasteiger partial charge in [-0.05, 0) is 19.3 Å². The first kappa shape index (κ1) is 38.0. The smallest absolute Gasteiger partial charge is 0.220 e. The van der Waals surface area contributed by atoms with Gasteiger partial charge in [0.05, 0.1) is 25.4 Å². The van der Waals surface area contributed by atoms with Crippen LogP contribution in [0.5, 0.6) is 0 Å². The van der Waals surface area contributed by atoms with Gasteiger partial charge in [0.15, 0.2) is 6.29 Å². The molecule has 7 atom stereocenters. The number of hydrogen-bond donors (Lipinski definition) is 6. The topological polar surface area (TPSA) is 149 Å². The Labute approximate surface area is 248 Å². The highest BCUT2D eigenvalue weighted by Gasteiger charge is 2.44. The van der Waals surface area contributed by atoms with Crippen LogP contribution in [0.15, 0.2) is 12.2 Å². The standard InChI is InChI=1S/C32H61NO8/c1-3-5-7-9-11-13-15-17-19-21-26(35)25(24-40-32-31(39)30(38)29(37)27(23-34)41-32)33-28(36)22-20-18-16-14-12-10-8-6-4-2/h19,21,25-27,29-32,34-35,37-39H,3-18,20,22-24H2,1-2H3,(H,33,36)/b21-19+. The van der Waals surface area contributed by atoms with Gasteiger partial charge in [0.2, 0.25) is 5.91 Å². The zero-order valence-corrected chi connectivity index (χ0v) is 25.8. The van der Waals surface area contributed by atoms with Crippen LogP contribution >= 0.6 is 0 Å². The Hall–Kier alpha value is -1.07. The van der Waals surface area contributed by atoms with Gasteiger partial charge in [-0.1, -0.05) is 116 Å². The zero-order chi connectivity index (χ0) is 30.3. The summed E-state index contributed by atoms with van der Waals surface area (Å²) in [7, 11) is 0. The molecule has 9 nitrogen and oxygen atoms in total. The molecule has 0 aromatic heterocycles. The second kappa shape index (κ2) is 24.4. The second-order valence-electron chi connectivity index (χ2n) is 11.6. The van der Waals surface area contributed by atoms with E-state index < -0.39 is 49.5 Å². The van der Waals surface area contributed by atoms with Crippen LogP contribution in [-0.2, 0) is 14.3 Å². The summed E-state index contributed by atoms with van der Waals surface area (Å²) in [5.74, 6) is -0.185. The number of amides is 1. The third-order valence-electron chi connectivity index (χ3n) is 7.86. The Morgan fingerprint density at radius 1 is 0.805 bits per heavy atom. The van der Waals surface area contributed by atoms with E-state index in [1.807, 2.05) is 6.08 Å². The van der Waals surface area contributed by atoms with Gasteiger partial charge in [0, 0.05) is 6.42 Å². The molecule has 1 saturated heterocycles. The van der Waals surface area contributed by atoms with Crippen LogP contribution in [0.1, 0.15) is 129 Å². The number of nitrogens with one attached hydrogen (secondary N) is 1. The molecule has 0 bridgehead atoms. The summed E-state index contributed by atoms with van der Waals surface area (Å²) < 4.78 is 11.1. The highest BCUT2D eigenvalue weighted by molar-refractivity contribution is 5.76. The summed E-state index contributed by atoms with van der Waals surface area (Å²) >= 11 is 0. The Bertz CT molecular complexity index is 662. The fourth-order valence-electron chi connectivity index (χ4n) is 5.09. The maximum atomic E-state index is 12.7. The number of carbonyl (C=O) groups is 1. The number of rotatable bonds is 25. The predicted octanol–water partition coefficient (Wildman–Crippen LogP) is 4.27. The minimum Gasteiger partial charge on any atom is -0.394 e. The first-order chi connectivity index (χ1) is 19.8. The molecule has 242 valence electrons. The average molecular weight is 588 g/mol. The van der Waals surface area contributed by atoms with Crippen LogP contribution in [0.3, 0.4) is 0 Å². The first-order valence-corrected chi connectivity index (χ1v) is 16.4. The molecule has 0 spiro atoms. The largest absolute Gasteiger partial charge is 0.394 e. The number of allylic oxidation sites excluding steroid dienone is 1. The summed E-state index contributed by atoms with van der Waals surface area (Å²) in [6.07, 6.45) is 15.5. The fraction of sp³-hybridized carbons (Fsp3) is 0.906. The third kappa shape index (κ3) is 17.0. The van der Waals surface area contributed by atoms with Crippen molar-refractivity contribution in [2.45, 2.75) is 172 Å². The van der Waals surface area contributed by atoms with Crippen molar-refractivity contribution >= 4 is 5.91 Å². The Kier molecular flexibility index (Phi) is 22.6. The van der Waals surface area contributed by atoms with E-state index in [0.717, 1.165) is 38.5 Å². The number of ether oxygens (including phenoxy) is 2. The highest BCUT2D eigenvalue weighted by Crippen LogP contribution is 2.22. The molecule has 1 fully saturated rings. The number of hydrogen-bond acceptors (Lipinski definition) is 8. The van der Waals surface area contributed by atoms with Crippen LogP contribution in [0.2, 0.25) is 0 Å². The number of aliphatic hydroxyl groups is 5. The molecule has 0 radical (unpaired) electrons. The normalized spacial score (nSPS) is 24.5. The van der Waals surface area contributed by atoms with Gasteiger partial charge in [-0.2, -0.15) is 0 Å². The SMILES string of the molecule is CCCCCCCCC/C=C/C(O)C(COC1OC(CO)C(O)C(O)C1O)NC(=O)CCCCCCCCCCC. The maximum Gasteiger partial charge on any atom is 0.220 e. The highest BCUT2D eigenvalue weighted by atomic mass is 16.7. The summed E-state index contributed by atoms with van der Waals surface area (Å²) in [5, 5.41) is 53.5. The van der Waals surface area contributed by atoms with Crippen LogP contribution in [0.4, 0.5) is 0 Å². The molecule has 6 N–H and O–H groups in total. The average Bonchev–Trinajstić information content (AvgIpc) is 2.97. The van der Waals surface area contributed by atoms with E-state index in [-0.39, 0.29) is 12.5 Å². The van der Waals surface area contributed by atoms with Crippen molar-refractivity contribution < 1.29 is 39.8 Å². The molecular formula is C32H61NO8. The quantitative estimate of drug-likeness (QED) is 0.0685. The van der Waals surface area contributed by atoms with E-state index in [1.165, 1.54) is 70.6 Å². The molecule has 0 aromatic rings. The summed E-state index contributed by atoms with van der Waals surface area (Å²) in [5.41, 5.74) is 0. The molecule has 7 unspecified atom stereocenters. The summed E-state index contributed by atoms with van der Waals surface area (Å²) in [6, 6.07) is -0.793. The van der Waals surface area contributed by atoms with Crippen molar-refractivity contribution in [3.63, 3.8) is 0 Å². The van der Waals surface area contributed by atoms with Crippen LogP contribution in [0.25, 0.3) is 0 Å². The van der Waals surface area contributed by atoms with Crippen molar-refractivity contribution in [3.8, 4) is 0 Å². The molecule has 1 amide bonds. The van der Waals surface area contributed by atoms with Crippen LogP contribution in [-0.4, -0.2) is 87.5 Å². The van der Waals surface area contributed by atoms with E-state index >= 15 is 0 Å². The van der Waals surface area contributed by atoms with E-state index in [0.29, 0.717) is 6.42 Å². The van der Waals surface area contributed by atoms with E-state index in [4.69, 9.17) is 9.47 Å². The lowest BCUT2D eigenvalue weighted by Crippen LogP contribution is -2.60. The van der Waals surface area contributed by atoms with Crippen molar-refractivity contribution in [1.82, 2.24) is 5.32 Å². The zero-order valence-electron chi connectivity index (χ0n) is 25.8. The van der Waals surface area contributed by atoms with Crippen LogP contribution < -0.4 is 5.32 Å². The lowest BCUT2D eigenvalue weighted by Gasteiger charge is -2.40. The number of unbranched alkanes of at least 4 members (excludes halogenated alkanes) is 15. The van der Waals surface area contributed by atoms with E-state index in [1.54, 1.807) is 6.08 Å². The van der Waals surface area contributed by atoms with Crippen molar-refractivity contribution in [1.29, 1.82) is 0 Å². The lowest BCUT2D eigenvalue weighted by atomic mass is 9.99. The molecule has 41 heavy (non-hydrogen) atoms. The first-order valence-electron chi connectivity index (χ1n) is 16.4. The summed E-state index contributed by atoms with van der Waals surface area (Å²) in [6.45, 7) is 3.67. The van der Waals surface area contributed by atoms with Gasteiger partial charge in [-0.3, -0.25) is 4.79 Å². The molecule has 1 rings (SSSR count). The van der Waals surface area contributed by atoms with E-state index in [2.05, 4.69) is 19.2 Å². The Morgan fingerprint density at radius 3 is 1.90 bits per heavy atom. The van der Waals surface area contributed by atoms with Crippen molar-refractivity contribution in [2.75, 3.05) is 13.2 Å². The third-order valence-corrected chi connectivity index (χ3v) is 7.86. The molecule has 1 heterocycles. The van der Waals surface area contributed by atoms with Gasteiger partial charge in [-0.25, -0.2) is 0 Å². The van der Waals surface area contributed by atoms with Gasteiger partial charge in [0.1, 0.15) is 24.4 Å². The van der Waals surface area contributed by atoms with Gasteiger partial charge >= 0.3 is 0 Å². The minimum absolute atomic E-state index is 0.185. The summed E-state index contributed by atoms with van der Waals surface area (Å²) in [4.78, 5) is 12.7. The molecule has 1 aliphatic rings. The fourth-order valence-corrected chi connectivity index (χ4v) is 5.09. The van der Waals surface area contributed by atoms with E-state index in [9.17, 15) is 30.3 Å². The maximum absolute atomic E-state index is 12.7. The number of aliphatic hydroxyl groups excluding tert-OH is 5. The molecular weight excluding hydrogens is 526 g/mol. The van der Waals surface area contributed by atoms with Crippen molar-refractivity contribution in [2.24, 2.45) is 0 Å². The Balaban J connectivity index is 2.56. The Morgan fingerprint density at radius 2 is 1.34 bits per heavy atom. The van der Waals surface area contributed by atoms with Gasteiger partial charge in [0.25, 0.3) is 0 Å². The molecule has 9 heteroatoms. The monoisotopic (exact) mass is 587 g/mol. The molecule has 0 aromatic carbocycles. The van der Waals surface area contributed by atoms with Gasteiger partial charge in [-0.15, -0.1) is 0 Å². The minimum atomic E-state index is -1.56. The molecule has 1 aliphatic heterocycles. The second-order valence-corrected chi connectivity index (χ2v) is 11.6. The lowest BCUT2D eigenvalue weighted by molar-refractivity contribution is -0.302. The van der Waals surface area contributed by atoms with Crippen molar-refractivity contribution in [3.05, 3.63) is 12.2 Å².